The summed E-state index contributed by atoms with van der Waals surface area (Å²) in [5.41, 5.74) is 6.30. The van der Waals surface area contributed by atoms with Crippen LogP contribution in [0.5, 0.6) is 0 Å². The Morgan fingerprint density at radius 2 is 2.17 bits per heavy atom. The van der Waals surface area contributed by atoms with Gasteiger partial charge in [-0.25, -0.2) is 0 Å². The lowest BCUT2D eigenvalue weighted by Crippen LogP contribution is -2.61. The second-order valence-electron chi connectivity index (χ2n) is 5.49. The van der Waals surface area contributed by atoms with Gasteiger partial charge in [-0.1, -0.05) is 6.92 Å². The van der Waals surface area contributed by atoms with Crippen molar-refractivity contribution in [1.29, 1.82) is 0 Å². The lowest BCUT2D eigenvalue weighted by molar-refractivity contribution is -0.00366. The van der Waals surface area contributed by atoms with Crippen LogP contribution in [0.2, 0.25) is 0 Å². The van der Waals surface area contributed by atoms with Crippen LogP contribution in [0.1, 0.15) is 33.6 Å². The summed E-state index contributed by atoms with van der Waals surface area (Å²) in [5, 5.41) is 0. The number of rotatable bonds is 7. The van der Waals surface area contributed by atoms with Crippen molar-refractivity contribution < 1.29 is 4.74 Å². The van der Waals surface area contributed by atoms with Gasteiger partial charge in [0.15, 0.2) is 0 Å². The van der Waals surface area contributed by atoms with Gasteiger partial charge < -0.3 is 15.4 Å². The fourth-order valence-electron chi connectivity index (χ4n) is 3.06. The van der Waals surface area contributed by atoms with Gasteiger partial charge in [0, 0.05) is 31.3 Å². The second-order valence-corrected chi connectivity index (χ2v) is 5.49. The zero-order valence-corrected chi connectivity index (χ0v) is 12.6. The van der Waals surface area contributed by atoms with Crippen LogP contribution >= 0.6 is 0 Å². The first kappa shape index (κ1) is 15.9. The van der Waals surface area contributed by atoms with Crippen molar-refractivity contribution in [3.8, 4) is 0 Å². The fourth-order valence-corrected chi connectivity index (χ4v) is 3.06. The molecule has 2 unspecified atom stereocenters. The summed E-state index contributed by atoms with van der Waals surface area (Å²) in [6.07, 6.45) is 2.34. The molecule has 0 aromatic carbocycles. The van der Waals surface area contributed by atoms with Crippen molar-refractivity contribution in [2.24, 2.45) is 5.73 Å². The monoisotopic (exact) mass is 257 g/mol. The lowest BCUT2D eigenvalue weighted by atomic mass is 9.82. The number of piperidine rings is 1. The van der Waals surface area contributed by atoms with E-state index in [0.29, 0.717) is 6.04 Å². The smallest absolute Gasteiger partial charge is 0.0593 e. The summed E-state index contributed by atoms with van der Waals surface area (Å²) < 4.78 is 5.50. The van der Waals surface area contributed by atoms with E-state index < -0.39 is 0 Å². The quantitative estimate of drug-likeness (QED) is 0.695. The molecule has 0 bridgehead atoms. The first-order chi connectivity index (χ1) is 8.59. The number of likely N-dealkylation sites (N-methyl/N-ethyl adjacent to an activating group) is 1. The van der Waals surface area contributed by atoms with Crippen LogP contribution in [0.25, 0.3) is 0 Å². The molecule has 0 amide bonds. The molecule has 18 heavy (non-hydrogen) atoms. The highest BCUT2D eigenvalue weighted by Crippen LogP contribution is 2.30. The third-order valence-electron chi connectivity index (χ3n) is 4.50. The fraction of sp³-hybridized carbons (Fsp3) is 1.00. The molecule has 0 aromatic rings. The Balaban J connectivity index is 2.65. The van der Waals surface area contributed by atoms with Crippen LogP contribution < -0.4 is 5.73 Å². The van der Waals surface area contributed by atoms with E-state index in [9.17, 15) is 0 Å². The van der Waals surface area contributed by atoms with Gasteiger partial charge in [0.1, 0.15) is 0 Å². The minimum absolute atomic E-state index is 0.178. The first-order valence-electron chi connectivity index (χ1n) is 7.32. The molecule has 4 nitrogen and oxygen atoms in total. The van der Waals surface area contributed by atoms with Crippen LogP contribution in [-0.4, -0.2) is 67.8 Å². The zero-order valence-electron chi connectivity index (χ0n) is 12.6. The van der Waals surface area contributed by atoms with Crippen molar-refractivity contribution in [2.45, 2.75) is 45.2 Å². The molecule has 0 radical (unpaired) electrons. The van der Waals surface area contributed by atoms with Crippen molar-refractivity contribution in [1.82, 2.24) is 9.80 Å². The number of nitrogens with zero attached hydrogens (tertiary/aromatic N) is 2. The molecule has 108 valence electrons. The number of hydrogen-bond acceptors (Lipinski definition) is 4. The van der Waals surface area contributed by atoms with E-state index in [4.69, 9.17) is 10.5 Å². The van der Waals surface area contributed by atoms with E-state index in [1.807, 2.05) is 6.92 Å². The third-order valence-corrected chi connectivity index (χ3v) is 4.50. The highest BCUT2D eigenvalue weighted by Gasteiger charge is 2.39. The third kappa shape index (κ3) is 3.67. The molecule has 1 aliphatic heterocycles. The molecule has 1 fully saturated rings. The van der Waals surface area contributed by atoms with E-state index in [1.54, 1.807) is 0 Å². The Kier molecular flexibility index (Phi) is 6.57. The molecule has 4 heteroatoms. The van der Waals surface area contributed by atoms with Gasteiger partial charge in [0.2, 0.25) is 0 Å². The maximum atomic E-state index is 6.13. The molecule has 1 heterocycles. The Hall–Kier alpha value is -0.160. The largest absolute Gasteiger partial charge is 0.380 e. The number of likely N-dealkylation sites (tertiary alicyclic amines) is 1. The van der Waals surface area contributed by atoms with Crippen LogP contribution in [0.3, 0.4) is 0 Å². The van der Waals surface area contributed by atoms with Gasteiger partial charge in [0.25, 0.3) is 0 Å². The van der Waals surface area contributed by atoms with Gasteiger partial charge in [-0.2, -0.15) is 0 Å². The predicted octanol–water partition coefficient (Wildman–Crippen LogP) is 1.16. The summed E-state index contributed by atoms with van der Waals surface area (Å²) >= 11 is 0. The van der Waals surface area contributed by atoms with Gasteiger partial charge in [-0.3, -0.25) is 4.90 Å². The standard InChI is InChI=1S/C14H31N3O/c1-5-17(9-10-18-6-2)14(12-15)7-8-16(4)13(3)11-14/h13H,5-12,15H2,1-4H3. The average Bonchev–Trinajstić information content (AvgIpc) is 2.38. The molecule has 1 aliphatic rings. The molecule has 1 saturated heterocycles. The lowest BCUT2D eigenvalue weighted by Gasteiger charge is -2.50. The Morgan fingerprint density at radius 3 is 2.67 bits per heavy atom. The molecule has 0 aromatic heterocycles. The van der Waals surface area contributed by atoms with Crippen molar-refractivity contribution in [3.63, 3.8) is 0 Å². The van der Waals surface area contributed by atoms with Crippen LogP contribution in [0.4, 0.5) is 0 Å². The molecule has 0 aliphatic carbocycles. The molecule has 1 rings (SSSR count). The Morgan fingerprint density at radius 1 is 1.44 bits per heavy atom. The second kappa shape index (κ2) is 7.43. The molecule has 2 N–H and O–H groups in total. The average molecular weight is 257 g/mol. The van der Waals surface area contributed by atoms with Crippen molar-refractivity contribution >= 4 is 0 Å². The Bertz CT molecular complexity index is 237. The van der Waals surface area contributed by atoms with Gasteiger partial charge in [-0.05, 0) is 46.8 Å². The molecular formula is C14H31N3O. The molecule has 0 saturated carbocycles. The van der Waals surface area contributed by atoms with E-state index in [2.05, 4.69) is 30.7 Å². The van der Waals surface area contributed by atoms with E-state index in [1.165, 1.54) is 12.8 Å². The highest BCUT2D eigenvalue weighted by molar-refractivity contribution is 4.98. The van der Waals surface area contributed by atoms with Crippen LogP contribution in [-0.2, 0) is 4.74 Å². The van der Waals surface area contributed by atoms with Crippen LogP contribution in [0, 0.1) is 0 Å². The topological polar surface area (TPSA) is 41.7 Å². The molecular weight excluding hydrogens is 226 g/mol. The highest BCUT2D eigenvalue weighted by atomic mass is 16.5. The van der Waals surface area contributed by atoms with Gasteiger partial charge in [-0.15, -0.1) is 0 Å². The van der Waals surface area contributed by atoms with E-state index in [0.717, 1.165) is 39.4 Å². The van der Waals surface area contributed by atoms with Crippen molar-refractivity contribution in [3.05, 3.63) is 0 Å². The SMILES string of the molecule is CCOCCN(CC)C1(CN)CCN(C)C(C)C1. The van der Waals surface area contributed by atoms with E-state index >= 15 is 0 Å². The molecule has 2 atom stereocenters. The minimum atomic E-state index is 0.178. The summed E-state index contributed by atoms with van der Waals surface area (Å²) in [5.74, 6) is 0. The number of hydrogen-bond donors (Lipinski definition) is 1. The van der Waals surface area contributed by atoms with Gasteiger partial charge in [0.05, 0.1) is 6.61 Å². The predicted molar refractivity (Wildman–Crippen MR) is 76.9 cm³/mol. The summed E-state index contributed by atoms with van der Waals surface area (Å²) in [6, 6.07) is 0.614. The molecule has 0 spiro atoms. The zero-order chi connectivity index (χ0) is 13.6. The maximum absolute atomic E-state index is 6.13. The Labute approximate surface area is 112 Å². The minimum Gasteiger partial charge on any atom is -0.380 e. The first-order valence-corrected chi connectivity index (χ1v) is 7.32. The maximum Gasteiger partial charge on any atom is 0.0593 e. The normalized spacial score (nSPS) is 30.0. The summed E-state index contributed by atoms with van der Waals surface area (Å²) in [6.45, 7) is 12.1. The van der Waals surface area contributed by atoms with Crippen LogP contribution in [0.15, 0.2) is 0 Å². The van der Waals surface area contributed by atoms with Crippen molar-refractivity contribution in [2.75, 3.05) is 46.4 Å². The number of nitrogens with two attached hydrogens (primary N) is 1. The summed E-state index contributed by atoms with van der Waals surface area (Å²) in [4.78, 5) is 4.97. The summed E-state index contributed by atoms with van der Waals surface area (Å²) in [7, 11) is 2.21. The van der Waals surface area contributed by atoms with E-state index in [-0.39, 0.29) is 5.54 Å². The van der Waals surface area contributed by atoms with Gasteiger partial charge >= 0.3 is 0 Å². The number of ether oxygens (including phenoxy) is 1.